The third kappa shape index (κ3) is 4.41. The van der Waals surface area contributed by atoms with Gasteiger partial charge < -0.3 is 19.8 Å². The molecule has 1 fully saturated rings. The number of rotatable bonds is 6. The highest BCUT2D eigenvalue weighted by Crippen LogP contribution is 2.44. The van der Waals surface area contributed by atoms with Crippen molar-refractivity contribution in [3.8, 4) is 11.4 Å². The molecule has 6 nitrogen and oxygen atoms in total. The van der Waals surface area contributed by atoms with Gasteiger partial charge in [0.15, 0.2) is 0 Å². The van der Waals surface area contributed by atoms with Crippen LogP contribution in [0.4, 0.5) is 4.39 Å². The van der Waals surface area contributed by atoms with E-state index in [4.69, 9.17) is 15.5 Å². The number of hydrogen-bond acceptors (Lipinski definition) is 5. The number of carbonyl (C=O) groups excluding carboxylic acids is 1. The van der Waals surface area contributed by atoms with Crippen molar-refractivity contribution in [1.82, 2.24) is 9.55 Å². The fraction of sp³-hybridized carbons (Fsp3) is 0.469. The van der Waals surface area contributed by atoms with E-state index in [1.807, 2.05) is 19.9 Å². The van der Waals surface area contributed by atoms with Gasteiger partial charge in [-0.05, 0) is 73.8 Å². The molecular formula is C32H38FN3O3. The van der Waals surface area contributed by atoms with Crippen LogP contribution in [0.1, 0.15) is 85.3 Å². The van der Waals surface area contributed by atoms with E-state index in [0.717, 1.165) is 53.5 Å². The number of allylic oxidation sites excluding steroid dienone is 1. The average Bonchev–Trinajstić information content (AvgIpc) is 3.27. The van der Waals surface area contributed by atoms with Gasteiger partial charge in [0.2, 0.25) is 0 Å². The highest BCUT2D eigenvalue weighted by atomic mass is 19.1. The Morgan fingerprint density at radius 3 is 2.54 bits per heavy atom. The number of hydrogen-bond donors (Lipinski definition) is 1. The number of aryl methyl sites for hydroxylation is 2. The Morgan fingerprint density at radius 2 is 1.97 bits per heavy atom. The van der Waals surface area contributed by atoms with Crippen LogP contribution in [0.3, 0.4) is 0 Å². The lowest BCUT2D eigenvalue weighted by atomic mass is 9.69. The van der Waals surface area contributed by atoms with E-state index in [1.165, 1.54) is 30.9 Å². The van der Waals surface area contributed by atoms with E-state index in [0.29, 0.717) is 46.3 Å². The van der Waals surface area contributed by atoms with E-state index in [9.17, 15) is 14.0 Å². The molecule has 3 heterocycles. The quantitative estimate of drug-likeness (QED) is 0.316. The van der Waals surface area contributed by atoms with Crippen LogP contribution in [0.2, 0.25) is 0 Å². The minimum Gasteiger partial charge on any atom is -0.402 e. The molecule has 0 spiro atoms. The van der Waals surface area contributed by atoms with Crippen LogP contribution in [0.5, 0.6) is 0 Å². The number of aldehydes is 1. The number of methoxy groups -OCH3 is 1. The number of fused-ring (bicyclic) bond motifs is 4. The molecule has 7 heteroatoms. The lowest BCUT2D eigenvalue weighted by molar-refractivity contribution is -0.109. The van der Waals surface area contributed by atoms with Crippen molar-refractivity contribution >= 4 is 17.2 Å². The normalized spacial score (nSPS) is 16.9. The second-order valence-electron chi connectivity index (χ2n) is 11.5. The molecule has 6 rings (SSSR count). The lowest BCUT2D eigenvalue weighted by Crippen LogP contribution is -2.31. The summed E-state index contributed by atoms with van der Waals surface area (Å²) in [6.45, 7) is 10.3. The summed E-state index contributed by atoms with van der Waals surface area (Å²) >= 11 is 0. The van der Waals surface area contributed by atoms with E-state index in [-0.39, 0.29) is 23.9 Å². The summed E-state index contributed by atoms with van der Waals surface area (Å²) in [6.07, 6.45) is 7.99. The number of nitrogens with two attached hydrogens (primary N) is 1. The molecule has 39 heavy (non-hydrogen) atoms. The summed E-state index contributed by atoms with van der Waals surface area (Å²) in [7, 11) is 1.55. The maximum absolute atomic E-state index is 14.6. The number of benzene rings is 1. The topological polar surface area (TPSA) is 87.2 Å². The standard InChI is InChI=1S/C25H25FN2O3.C7H13N/c1-4-14(11-29)17-8-22-24-18(10-28(22)25(30)19(17)12-31-3)16-7-5-6-15-13(2)20(26)9-21(27-24)23(15)16;1-6(8)7(2)4-3-5-7/h8-9,11,14H,4-7,10,12H2,1-3H3;1,3-5,8H2,2H3. The van der Waals surface area contributed by atoms with Crippen molar-refractivity contribution in [2.45, 2.75) is 84.8 Å². The molecule has 1 atom stereocenters. The lowest BCUT2D eigenvalue weighted by Gasteiger charge is -2.38. The Morgan fingerprint density at radius 1 is 1.26 bits per heavy atom. The molecule has 1 saturated carbocycles. The zero-order valence-electron chi connectivity index (χ0n) is 23.5. The average molecular weight is 532 g/mol. The summed E-state index contributed by atoms with van der Waals surface area (Å²) in [5.41, 5.74) is 13.9. The van der Waals surface area contributed by atoms with E-state index >= 15 is 0 Å². The van der Waals surface area contributed by atoms with Gasteiger partial charge in [-0.15, -0.1) is 0 Å². The minimum atomic E-state index is -0.377. The molecule has 2 aliphatic carbocycles. The fourth-order valence-corrected chi connectivity index (χ4v) is 6.36. The van der Waals surface area contributed by atoms with E-state index in [1.54, 1.807) is 11.7 Å². The largest absolute Gasteiger partial charge is 0.402 e. The third-order valence-corrected chi connectivity index (χ3v) is 9.19. The Hall–Kier alpha value is -3.32. The summed E-state index contributed by atoms with van der Waals surface area (Å²) in [6, 6.07) is 3.44. The van der Waals surface area contributed by atoms with Crippen molar-refractivity contribution in [2.75, 3.05) is 7.11 Å². The fourth-order valence-electron chi connectivity index (χ4n) is 6.36. The van der Waals surface area contributed by atoms with Gasteiger partial charge in [0.25, 0.3) is 5.56 Å². The van der Waals surface area contributed by atoms with Gasteiger partial charge in [-0.3, -0.25) is 4.79 Å². The van der Waals surface area contributed by atoms with Crippen LogP contribution in [0.25, 0.3) is 22.3 Å². The summed E-state index contributed by atoms with van der Waals surface area (Å²) in [5, 5.41) is 1.06. The molecule has 1 aliphatic heterocycles. The first-order chi connectivity index (χ1) is 18.6. The van der Waals surface area contributed by atoms with Gasteiger partial charge in [-0.2, -0.15) is 0 Å². The molecule has 2 aromatic heterocycles. The van der Waals surface area contributed by atoms with Crippen LogP contribution in [-0.2, 0) is 35.5 Å². The zero-order valence-corrected chi connectivity index (χ0v) is 23.5. The molecule has 0 saturated heterocycles. The molecule has 0 bridgehead atoms. The number of carbonyl (C=O) groups is 1. The highest BCUT2D eigenvalue weighted by molar-refractivity contribution is 5.92. The number of halogens is 1. The Labute approximate surface area is 229 Å². The molecule has 0 radical (unpaired) electrons. The van der Waals surface area contributed by atoms with Gasteiger partial charge in [-0.25, -0.2) is 9.37 Å². The molecule has 3 aromatic rings. The van der Waals surface area contributed by atoms with Crippen LogP contribution in [0.15, 0.2) is 29.2 Å². The molecule has 3 aliphatic rings. The molecule has 1 aromatic carbocycles. The predicted molar refractivity (Wildman–Crippen MR) is 152 cm³/mol. The first-order valence-electron chi connectivity index (χ1n) is 13.9. The van der Waals surface area contributed by atoms with Gasteiger partial charge in [-0.1, -0.05) is 26.8 Å². The molecule has 1 unspecified atom stereocenters. The number of ether oxygens (including phenoxy) is 1. The SMILES string of the molecule is C=C(N)C1(C)CCC1.CCC(C=O)c1cc2n(c(=O)c1COC)Cc1c-2nc2cc(F)c(C)c3c2c1CCC3. The maximum Gasteiger partial charge on any atom is 0.257 e. The van der Waals surface area contributed by atoms with Crippen LogP contribution < -0.4 is 11.3 Å². The van der Waals surface area contributed by atoms with Crippen LogP contribution in [-0.4, -0.2) is 22.9 Å². The van der Waals surface area contributed by atoms with Crippen LogP contribution in [0, 0.1) is 18.2 Å². The molecule has 0 amide bonds. The molecular weight excluding hydrogens is 493 g/mol. The first kappa shape index (κ1) is 27.3. The van der Waals surface area contributed by atoms with E-state index < -0.39 is 0 Å². The van der Waals surface area contributed by atoms with Gasteiger partial charge >= 0.3 is 0 Å². The number of aromatic nitrogens is 2. The highest BCUT2D eigenvalue weighted by Gasteiger charge is 2.33. The Kier molecular flexibility index (Phi) is 7.23. The Balaban J connectivity index is 0.000000332. The van der Waals surface area contributed by atoms with E-state index in [2.05, 4.69) is 13.5 Å². The predicted octanol–water partition coefficient (Wildman–Crippen LogP) is 5.85. The first-order valence-corrected chi connectivity index (χ1v) is 13.9. The molecule has 206 valence electrons. The summed E-state index contributed by atoms with van der Waals surface area (Å²) in [4.78, 5) is 30.0. The van der Waals surface area contributed by atoms with Crippen molar-refractivity contribution in [1.29, 1.82) is 0 Å². The molecule has 2 N–H and O–H groups in total. The number of pyridine rings is 2. The van der Waals surface area contributed by atoms with Crippen molar-refractivity contribution < 1.29 is 13.9 Å². The second kappa shape index (κ2) is 10.3. The zero-order chi connectivity index (χ0) is 28.1. The summed E-state index contributed by atoms with van der Waals surface area (Å²) < 4.78 is 21.6. The monoisotopic (exact) mass is 531 g/mol. The number of nitrogens with zero attached hydrogens (tertiary/aromatic N) is 2. The summed E-state index contributed by atoms with van der Waals surface area (Å²) in [5.74, 6) is -0.611. The smallest absolute Gasteiger partial charge is 0.257 e. The van der Waals surface area contributed by atoms with Gasteiger partial charge in [0.1, 0.15) is 12.1 Å². The van der Waals surface area contributed by atoms with Crippen LogP contribution >= 0.6 is 0 Å². The maximum atomic E-state index is 14.6. The van der Waals surface area contributed by atoms with Gasteiger partial charge in [0.05, 0.1) is 30.1 Å². The third-order valence-electron chi connectivity index (χ3n) is 9.19. The van der Waals surface area contributed by atoms with Crippen molar-refractivity contribution in [2.24, 2.45) is 11.1 Å². The Bertz CT molecular complexity index is 1550. The second-order valence-corrected chi connectivity index (χ2v) is 11.5. The minimum absolute atomic E-state index is 0.137. The van der Waals surface area contributed by atoms with Crippen molar-refractivity contribution in [3.63, 3.8) is 0 Å². The van der Waals surface area contributed by atoms with Crippen molar-refractivity contribution in [3.05, 3.63) is 74.0 Å². The van der Waals surface area contributed by atoms with Gasteiger partial charge in [0, 0.05) is 46.7 Å².